The molecular formula is C31H41N7O4. The van der Waals surface area contributed by atoms with Crippen LogP contribution in [0.1, 0.15) is 57.0 Å². The molecule has 11 nitrogen and oxygen atoms in total. The van der Waals surface area contributed by atoms with Gasteiger partial charge in [-0.25, -0.2) is 9.78 Å². The fraction of sp³-hybridized carbons (Fsp3) is 0.452. The number of ketones is 1. The highest BCUT2D eigenvalue weighted by molar-refractivity contribution is 6.02. The van der Waals surface area contributed by atoms with E-state index in [0.717, 1.165) is 47.4 Å². The quantitative estimate of drug-likeness (QED) is 0.111. The molecule has 1 aliphatic rings. The summed E-state index contributed by atoms with van der Waals surface area (Å²) >= 11 is 0. The lowest BCUT2D eigenvalue weighted by molar-refractivity contribution is -0.149. The van der Waals surface area contributed by atoms with E-state index in [4.69, 9.17) is 20.9 Å². The normalized spacial score (nSPS) is 15.6. The van der Waals surface area contributed by atoms with E-state index in [1.165, 1.54) is 6.92 Å². The SMILES string of the molecule is CCOC(=O)C(NCC(C)(C(=O)N1CCCCC1)c1ccc2c(c1)nc(CNc1ccc(C(=N)N)cc1)n2C)C(C)=O. The van der Waals surface area contributed by atoms with E-state index in [-0.39, 0.29) is 30.7 Å². The van der Waals surface area contributed by atoms with Gasteiger partial charge in [-0.1, -0.05) is 6.07 Å². The number of benzene rings is 2. The Morgan fingerprint density at radius 1 is 1.12 bits per heavy atom. The second-order valence-electron chi connectivity index (χ2n) is 11.0. The van der Waals surface area contributed by atoms with E-state index in [2.05, 4.69) is 10.6 Å². The maximum Gasteiger partial charge on any atom is 0.330 e. The second-order valence-corrected chi connectivity index (χ2v) is 11.0. The first-order chi connectivity index (χ1) is 20.0. The molecule has 0 spiro atoms. The van der Waals surface area contributed by atoms with E-state index < -0.39 is 17.4 Å². The second kappa shape index (κ2) is 13.2. The molecule has 42 heavy (non-hydrogen) atoms. The van der Waals surface area contributed by atoms with Gasteiger partial charge < -0.3 is 25.3 Å². The summed E-state index contributed by atoms with van der Waals surface area (Å²) in [5.74, 6) is -0.238. The number of esters is 1. The van der Waals surface area contributed by atoms with E-state index in [1.54, 1.807) is 19.1 Å². The topological polar surface area (TPSA) is 155 Å². The number of nitrogens with two attached hydrogens (primary N) is 1. The number of fused-ring (bicyclic) bond motifs is 1. The number of amidine groups is 1. The Balaban J connectivity index is 1.62. The zero-order valence-electron chi connectivity index (χ0n) is 24.8. The molecule has 4 rings (SSSR count). The number of amides is 1. The highest BCUT2D eigenvalue weighted by atomic mass is 16.5. The number of ether oxygens (including phenoxy) is 1. The van der Waals surface area contributed by atoms with Gasteiger partial charge >= 0.3 is 5.97 Å². The predicted octanol–water partition coefficient (Wildman–Crippen LogP) is 2.85. The Hall–Kier alpha value is -4.25. The van der Waals surface area contributed by atoms with Crippen LogP contribution in [-0.2, 0) is 38.1 Å². The first-order valence-electron chi connectivity index (χ1n) is 14.4. The standard InChI is InChI=1S/C31H41N7O4/c1-5-42-29(40)27(20(2)39)35-19-31(3,30(41)38-15-7-6-8-16-38)22-11-14-25-24(17-22)36-26(37(25)4)18-34-23-12-9-21(10-13-23)28(32)33/h9-14,17,27,34-35H,5-8,15-16,18-19H2,1-4H3,(H3,32,33). The molecule has 0 radical (unpaired) electrons. The summed E-state index contributed by atoms with van der Waals surface area (Å²) in [7, 11) is 1.95. The van der Waals surface area contributed by atoms with Crippen LogP contribution in [0, 0.1) is 5.41 Å². The van der Waals surface area contributed by atoms with Gasteiger partial charge in [0, 0.05) is 37.9 Å². The van der Waals surface area contributed by atoms with Crippen molar-refractivity contribution in [3.63, 3.8) is 0 Å². The number of rotatable bonds is 12. The molecule has 1 aliphatic heterocycles. The number of imidazole rings is 1. The van der Waals surface area contributed by atoms with Crippen LogP contribution in [0.3, 0.4) is 0 Å². The molecule has 1 aromatic heterocycles. The molecule has 0 saturated carbocycles. The summed E-state index contributed by atoms with van der Waals surface area (Å²) in [5.41, 5.74) is 8.44. The molecule has 1 fully saturated rings. The van der Waals surface area contributed by atoms with Crippen molar-refractivity contribution in [2.75, 3.05) is 31.6 Å². The maximum atomic E-state index is 14.1. The number of nitrogens with zero attached hydrogens (tertiary/aromatic N) is 3. The van der Waals surface area contributed by atoms with Gasteiger partial charge in [-0.3, -0.25) is 20.3 Å². The number of aromatic nitrogens is 2. The van der Waals surface area contributed by atoms with Crippen molar-refractivity contribution in [3.05, 3.63) is 59.4 Å². The number of Topliss-reactive ketones (excluding diaryl/α,β-unsaturated/α-hetero) is 1. The molecule has 1 amide bonds. The number of likely N-dealkylation sites (tertiary alicyclic amines) is 1. The summed E-state index contributed by atoms with van der Waals surface area (Å²) in [5, 5.41) is 14.0. The summed E-state index contributed by atoms with van der Waals surface area (Å²) in [6, 6.07) is 12.0. The van der Waals surface area contributed by atoms with Gasteiger partial charge in [-0.05, 0) is 82.0 Å². The zero-order chi connectivity index (χ0) is 30.4. The average Bonchev–Trinajstić information content (AvgIpc) is 3.30. The molecule has 2 heterocycles. The minimum Gasteiger partial charge on any atom is -0.464 e. The van der Waals surface area contributed by atoms with Crippen LogP contribution in [-0.4, -0.2) is 70.2 Å². The number of piperidine rings is 1. The van der Waals surface area contributed by atoms with Gasteiger partial charge in [0.2, 0.25) is 5.91 Å². The summed E-state index contributed by atoms with van der Waals surface area (Å²) < 4.78 is 7.11. The number of aryl methyl sites for hydroxylation is 1. The molecule has 2 unspecified atom stereocenters. The van der Waals surface area contributed by atoms with Crippen molar-refractivity contribution < 1.29 is 19.1 Å². The van der Waals surface area contributed by atoms with Crippen molar-refractivity contribution in [2.45, 2.75) is 58.0 Å². The van der Waals surface area contributed by atoms with Gasteiger partial charge in [0.05, 0.1) is 29.6 Å². The van der Waals surface area contributed by atoms with Gasteiger partial charge in [-0.2, -0.15) is 0 Å². The Labute approximate surface area is 246 Å². The molecule has 5 N–H and O–H groups in total. The van der Waals surface area contributed by atoms with Crippen LogP contribution in [0.2, 0.25) is 0 Å². The van der Waals surface area contributed by atoms with Crippen LogP contribution in [0.25, 0.3) is 11.0 Å². The zero-order valence-corrected chi connectivity index (χ0v) is 24.8. The molecule has 1 saturated heterocycles. The molecule has 0 aliphatic carbocycles. The Bertz CT molecular complexity index is 1460. The number of carbonyl (C=O) groups excluding carboxylic acids is 3. The van der Waals surface area contributed by atoms with E-state index in [0.29, 0.717) is 25.2 Å². The number of hydrogen-bond donors (Lipinski definition) is 4. The highest BCUT2D eigenvalue weighted by Gasteiger charge is 2.40. The van der Waals surface area contributed by atoms with Gasteiger partial charge in [0.25, 0.3) is 0 Å². The highest BCUT2D eigenvalue weighted by Crippen LogP contribution is 2.31. The molecule has 3 aromatic rings. The third-order valence-corrected chi connectivity index (χ3v) is 7.96. The fourth-order valence-electron chi connectivity index (χ4n) is 5.37. The Morgan fingerprint density at radius 3 is 2.43 bits per heavy atom. The summed E-state index contributed by atoms with van der Waals surface area (Å²) in [6.07, 6.45) is 2.98. The van der Waals surface area contributed by atoms with Gasteiger partial charge in [-0.15, -0.1) is 0 Å². The number of anilines is 1. The minimum absolute atomic E-state index is 0.0198. The number of nitrogens with one attached hydrogen (secondary N) is 3. The number of nitrogen functional groups attached to an aromatic ring is 1. The summed E-state index contributed by atoms with van der Waals surface area (Å²) in [6.45, 7) is 6.94. The van der Waals surface area contributed by atoms with E-state index in [1.807, 2.05) is 53.8 Å². The van der Waals surface area contributed by atoms with Crippen LogP contribution in [0.5, 0.6) is 0 Å². The maximum absolute atomic E-state index is 14.1. The molecule has 11 heteroatoms. The molecule has 0 bridgehead atoms. The molecule has 2 atom stereocenters. The van der Waals surface area contributed by atoms with Crippen molar-refractivity contribution in [1.29, 1.82) is 5.41 Å². The first-order valence-corrected chi connectivity index (χ1v) is 14.4. The smallest absolute Gasteiger partial charge is 0.330 e. The lowest BCUT2D eigenvalue weighted by Crippen LogP contribution is -2.55. The number of carbonyl (C=O) groups is 3. The lowest BCUT2D eigenvalue weighted by atomic mass is 9.80. The van der Waals surface area contributed by atoms with E-state index >= 15 is 0 Å². The van der Waals surface area contributed by atoms with Crippen molar-refractivity contribution >= 4 is 40.2 Å². The van der Waals surface area contributed by atoms with Crippen LogP contribution >= 0.6 is 0 Å². The van der Waals surface area contributed by atoms with Crippen molar-refractivity contribution in [2.24, 2.45) is 12.8 Å². The average molecular weight is 576 g/mol. The third kappa shape index (κ3) is 6.62. The lowest BCUT2D eigenvalue weighted by Gasteiger charge is -2.37. The van der Waals surface area contributed by atoms with Gasteiger partial charge in [0.1, 0.15) is 11.7 Å². The minimum atomic E-state index is -1.15. The third-order valence-electron chi connectivity index (χ3n) is 7.96. The Morgan fingerprint density at radius 2 is 1.81 bits per heavy atom. The molecule has 2 aromatic carbocycles. The van der Waals surface area contributed by atoms with Crippen LogP contribution in [0.4, 0.5) is 5.69 Å². The van der Waals surface area contributed by atoms with Crippen molar-refractivity contribution in [3.8, 4) is 0 Å². The summed E-state index contributed by atoms with van der Waals surface area (Å²) in [4.78, 5) is 45.6. The van der Waals surface area contributed by atoms with Crippen LogP contribution in [0.15, 0.2) is 42.5 Å². The monoisotopic (exact) mass is 575 g/mol. The van der Waals surface area contributed by atoms with Crippen LogP contribution < -0.4 is 16.4 Å². The molecule has 224 valence electrons. The first kappa shape index (κ1) is 30.7. The fourth-order valence-corrected chi connectivity index (χ4v) is 5.37. The number of hydrogen-bond acceptors (Lipinski definition) is 8. The Kier molecular flexibility index (Phi) is 9.62. The van der Waals surface area contributed by atoms with Gasteiger partial charge in [0.15, 0.2) is 11.8 Å². The largest absolute Gasteiger partial charge is 0.464 e. The van der Waals surface area contributed by atoms with E-state index in [9.17, 15) is 14.4 Å². The van der Waals surface area contributed by atoms with Crippen molar-refractivity contribution in [1.82, 2.24) is 19.8 Å². The predicted molar refractivity (Wildman–Crippen MR) is 162 cm³/mol. The molecular weight excluding hydrogens is 534 g/mol.